The first-order valence-electron chi connectivity index (χ1n) is 22.0. The van der Waals surface area contributed by atoms with Gasteiger partial charge in [-0.2, -0.15) is 0 Å². The number of aliphatic carboxylic acids is 3. The predicted octanol–water partition coefficient (Wildman–Crippen LogP) is 0.351. The topological polar surface area (TPSA) is 324 Å². The van der Waals surface area contributed by atoms with Gasteiger partial charge in [0.25, 0.3) is 5.91 Å². The zero-order chi connectivity index (χ0) is 48.4. The number of nitrogens with one attached hydrogen (secondary N) is 6. The fraction of sp³-hybridized carbons (Fsp3) is 0.614. The van der Waals surface area contributed by atoms with E-state index in [1.165, 1.54) is 4.90 Å². The third-order valence-electron chi connectivity index (χ3n) is 11.5. The number of nitrogens with zero attached hydrogens (tertiary/aromatic N) is 1. The van der Waals surface area contributed by atoms with Crippen LogP contribution in [0, 0.1) is 11.8 Å². The first-order valence-corrected chi connectivity index (χ1v) is 22.0. The molecule has 3 rings (SSSR count). The molecule has 1 heterocycles. The molecule has 2 fully saturated rings. The Balaban J connectivity index is 1.95. The van der Waals surface area contributed by atoms with Crippen LogP contribution in [0.25, 0.3) is 0 Å². The van der Waals surface area contributed by atoms with Gasteiger partial charge in [-0.05, 0) is 55.9 Å². The van der Waals surface area contributed by atoms with Crippen LogP contribution in [0.2, 0.25) is 0 Å². The van der Waals surface area contributed by atoms with Gasteiger partial charge in [-0.15, -0.1) is 0 Å². The maximum atomic E-state index is 15.0. The molecule has 0 bridgehead atoms. The van der Waals surface area contributed by atoms with E-state index in [1.807, 2.05) is 35.6 Å². The molecule has 0 aromatic heterocycles. The van der Waals surface area contributed by atoms with Gasteiger partial charge in [-0.1, -0.05) is 76.8 Å². The molecule has 9 N–H and O–H groups in total. The Morgan fingerprint density at radius 3 is 1.82 bits per heavy atom. The number of amides is 7. The van der Waals surface area contributed by atoms with Crippen molar-refractivity contribution in [1.29, 1.82) is 0 Å². The van der Waals surface area contributed by atoms with Gasteiger partial charge in [0.05, 0.1) is 6.04 Å². The summed E-state index contributed by atoms with van der Waals surface area (Å²) in [6, 6.07) is 1.17. The highest BCUT2D eigenvalue weighted by Gasteiger charge is 2.46. The Hall–Kier alpha value is -6.41. The molecular weight excluding hydrogens is 851 g/mol. The molecule has 65 heavy (non-hydrogen) atoms. The number of rotatable bonds is 25. The zero-order valence-corrected chi connectivity index (χ0v) is 37.3. The number of Topliss-reactive ketones (excluding diaryl/α,β-unsaturated/α-hetero) is 1. The molecule has 1 aliphatic heterocycles. The summed E-state index contributed by atoms with van der Waals surface area (Å²) >= 11 is 0. The average Bonchev–Trinajstić information content (AvgIpc) is 3.72. The smallest absolute Gasteiger partial charge is 0.322 e. The number of carbonyl (C=O) groups excluding carboxylic acids is 8. The Bertz CT molecular complexity index is 1900. The lowest BCUT2D eigenvalue weighted by atomic mass is 9.83. The average molecular weight is 914 g/mol. The number of hydrogen-bond acceptors (Lipinski definition) is 11. The SMILES string of the molecule is CCCC(NC(=O)C1CC(c2ccccc2)CN1C(=O)C(NC(=O)C(NC(=O)C(CCC(=O)O)NC(=O)C(CCC(=O)O)NC(C)=O)C(C)C)C1CCCCC1)C(=O)C(=O)NCC(=O)O. The monoisotopic (exact) mass is 913 g/mol. The van der Waals surface area contributed by atoms with Crippen molar-refractivity contribution in [3.05, 3.63) is 35.9 Å². The van der Waals surface area contributed by atoms with Crippen LogP contribution in [0.1, 0.15) is 116 Å². The molecule has 1 aromatic carbocycles. The fourth-order valence-electron chi connectivity index (χ4n) is 8.17. The third-order valence-corrected chi connectivity index (χ3v) is 11.5. The molecule has 2 aliphatic rings. The van der Waals surface area contributed by atoms with Gasteiger partial charge in [0, 0.05) is 32.2 Å². The maximum absolute atomic E-state index is 15.0. The normalized spacial score (nSPS) is 18.4. The van der Waals surface area contributed by atoms with Gasteiger partial charge in [0.15, 0.2) is 0 Å². The van der Waals surface area contributed by atoms with Crippen molar-refractivity contribution in [3.8, 4) is 0 Å². The van der Waals surface area contributed by atoms with Crippen LogP contribution < -0.4 is 31.9 Å². The van der Waals surface area contributed by atoms with E-state index in [-0.39, 0.29) is 31.7 Å². The summed E-state index contributed by atoms with van der Waals surface area (Å²) < 4.78 is 0. The molecular formula is C44H63N7O14. The lowest BCUT2D eigenvalue weighted by Crippen LogP contribution is -2.61. The molecule has 7 amide bonds. The van der Waals surface area contributed by atoms with E-state index < -0.39 is 139 Å². The summed E-state index contributed by atoms with van der Waals surface area (Å²) in [5, 5.41) is 42.4. The van der Waals surface area contributed by atoms with Crippen molar-refractivity contribution in [1.82, 2.24) is 36.8 Å². The lowest BCUT2D eigenvalue weighted by molar-refractivity contribution is -0.145. The highest BCUT2D eigenvalue weighted by atomic mass is 16.4. The summed E-state index contributed by atoms with van der Waals surface area (Å²) in [5.41, 5.74) is 0.825. The largest absolute Gasteiger partial charge is 0.481 e. The van der Waals surface area contributed by atoms with E-state index in [2.05, 4.69) is 26.6 Å². The molecule has 1 saturated heterocycles. The van der Waals surface area contributed by atoms with Crippen LogP contribution in [0.15, 0.2) is 30.3 Å². The van der Waals surface area contributed by atoms with Crippen molar-refractivity contribution in [2.75, 3.05) is 13.1 Å². The molecule has 0 spiro atoms. The molecule has 1 aliphatic carbocycles. The number of likely N-dealkylation sites (tertiary alicyclic amines) is 1. The molecule has 1 saturated carbocycles. The number of benzene rings is 1. The molecule has 7 unspecified atom stereocenters. The zero-order valence-electron chi connectivity index (χ0n) is 37.3. The number of carboxylic acids is 3. The number of carboxylic acid groups (broad SMARTS) is 3. The van der Waals surface area contributed by atoms with Crippen molar-refractivity contribution in [3.63, 3.8) is 0 Å². The van der Waals surface area contributed by atoms with E-state index in [0.717, 1.165) is 31.7 Å². The third kappa shape index (κ3) is 16.6. The first-order chi connectivity index (χ1) is 30.7. The highest BCUT2D eigenvalue weighted by molar-refractivity contribution is 6.38. The minimum Gasteiger partial charge on any atom is -0.481 e. The van der Waals surface area contributed by atoms with Crippen LogP contribution in [-0.2, 0) is 52.7 Å². The van der Waals surface area contributed by atoms with E-state index in [1.54, 1.807) is 20.8 Å². The second-order valence-electron chi connectivity index (χ2n) is 16.9. The standard InChI is InChI=1S/C44H63N7O14/c1-5-12-29(38(59)43(64)45-22-35(57)58)47-41(62)32-21-28(26-13-8-6-9-14-26)23-51(32)44(65)37(27-15-10-7-11-16-27)50-42(63)36(24(2)3)49-40(61)31(18-20-34(55)56)48-39(60)30(46-25(4)52)17-19-33(53)54/h6,8-9,13-14,24,27-32,36-37H,5,7,10-12,15-23H2,1-4H3,(H,45,64)(H,46,52)(H,47,62)(H,48,60)(H,49,61)(H,50,63)(H,53,54)(H,55,56)(H,57,58). The second-order valence-corrected chi connectivity index (χ2v) is 16.9. The summed E-state index contributed by atoms with van der Waals surface area (Å²) in [5.74, 6) is -12.2. The Kier molecular flexibility index (Phi) is 21.0. The second kappa shape index (κ2) is 25.8. The molecule has 7 atom stereocenters. The quantitative estimate of drug-likeness (QED) is 0.0599. The first kappa shape index (κ1) is 52.9. The molecule has 358 valence electrons. The number of ketones is 1. The molecule has 0 radical (unpaired) electrons. The van der Waals surface area contributed by atoms with Crippen LogP contribution in [-0.4, -0.2) is 135 Å². The molecule has 21 heteroatoms. The summed E-state index contributed by atoms with van der Waals surface area (Å²) in [6.07, 6.45) is 2.11. The van der Waals surface area contributed by atoms with Gasteiger partial charge >= 0.3 is 17.9 Å². The van der Waals surface area contributed by atoms with E-state index >= 15 is 0 Å². The Labute approximate surface area is 377 Å². The number of hydrogen-bond donors (Lipinski definition) is 9. The molecule has 21 nitrogen and oxygen atoms in total. The van der Waals surface area contributed by atoms with Gasteiger partial charge < -0.3 is 52.1 Å². The molecule has 1 aromatic rings. The van der Waals surface area contributed by atoms with Crippen LogP contribution in [0.4, 0.5) is 0 Å². The number of carbonyl (C=O) groups is 11. The highest BCUT2D eigenvalue weighted by Crippen LogP contribution is 2.35. The van der Waals surface area contributed by atoms with Gasteiger partial charge in [0.1, 0.15) is 36.8 Å². The maximum Gasteiger partial charge on any atom is 0.322 e. The van der Waals surface area contributed by atoms with Crippen molar-refractivity contribution in [2.45, 2.75) is 147 Å². The van der Waals surface area contributed by atoms with E-state index in [4.69, 9.17) is 10.2 Å². The minimum absolute atomic E-state index is 0.0400. The lowest BCUT2D eigenvalue weighted by Gasteiger charge is -2.36. The Morgan fingerprint density at radius 1 is 0.692 bits per heavy atom. The van der Waals surface area contributed by atoms with Crippen molar-refractivity contribution in [2.24, 2.45) is 11.8 Å². The summed E-state index contributed by atoms with van der Waals surface area (Å²) in [6.45, 7) is 5.31. The van der Waals surface area contributed by atoms with Crippen LogP contribution in [0.5, 0.6) is 0 Å². The minimum atomic E-state index is -1.55. The van der Waals surface area contributed by atoms with Crippen LogP contribution in [0.3, 0.4) is 0 Å². The van der Waals surface area contributed by atoms with Gasteiger partial charge in [-0.25, -0.2) is 0 Å². The van der Waals surface area contributed by atoms with Crippen molar-refractivity contribution >= 4 is 65.0 Å². The Morgan fingerprint density at radius 2 is 1.28 bits per heavy atom. The van der Waals surface area contributed by atoms with Gasteiger partial charge in [-0.3, -0.25) is 52.7 Å². The van der Waals surface area contributed by atoms with E-state index in [0.29, 0.717) is 19.3 Å². The van der Waals surface area contributed by atoms with E-state index in [9.17, 15) is 57.8 Å². The van der Waals surface area contributed by atoms with Crippen molar-refractivity contribution < 1.29 is 68.1 Å². The predicted molar refractivity (Wildman–Crippen MR) is 230 cm³/mol. The van der Waals surface area contributed by atoms with Gasteiger partial charge in [0.2, 0.25) is 41.2 Å². The fourth-order valence-corrected chi connectivity index (χ4v) is 8.17. The summed E-state index contributed by atoms with van der Waals surface area (Å²) in [7, 11) is 0. The summed E-state index contributed by atoms with van der Waals surface area (Å²) in [4.78, 5) is 143. The van der Waals surface area contributed by atoms with Crippen LogP contribution >= 0.6 is 0 Å².